The van der Waals surface area contributed by atoms with Gasteiger partial charge in [0.1, 0.15) is 17.1 Å². The van der Waals surface area contributed by atoms with Crippen molar-refractivity contribution >= 4 is 21.6 Å². The van der Waals surface area contributed by atoms with Gasteiger partial charge in [-0.2, -0.15) is 0 Å². The number of imidazole rings is 1. The smallest absolute Gasteiger partial charge is 0.154 e. The van der Waals surface area contributed by atoms with Crippen LogP contribution in [0.2, 0.25) is 0 Å². The van der Waals surface area contributed by atoms with E-state index in [-0.39, 0.29) is 0 Å². The third-order valence-corrected chi connectivity index (χ3v) is 3.56. The molecule has 0 spiro atoms. The van der Waals surface area contributed by atoms with Crippen LogP contribution >= 0.6 is 15.9 Å². The summed E-state index contributed by atoms with van der Waals surface area (Å²) < 4.78 is 8.64. The van der Waals surface area contributed by atoms with Crippen LogP contribution in [-0.4, -0.2) is 9.38 Å². The average Bonchev–Trinajstić information content (AvgIpc) is 2.85. The first kappa shape index (κ1) is 10.6. The predicted octanol–water partition coefficient (Wildman–Crippen LogP) is 3.97. The van der Waals surface area contributed by atoms with Crippen molar-refractivity contribution < 1.29 is 4.42 Å². The van der Waals surface area contributed by atoms with Crippen LogP contribution in [0.15, 0.2) is 39.5 Å². The summed E-state index contributed by atoms with van der Waals surface area (Å²) in [6.07, 6.45) is 3.98. The lowest BCUT2D eigenvalue weighted by Gasteiger charge is -1.98. The van der Waals surface area contributed by atoms with Gasteiger partial charge in [0, 0.05) is 16.9 Å². The van der Waals surface area contributed by atoms with Gasteiger partial charge in [0.05, 0.1) is 0 Å². The number of pyridine rings is 1. The first-order chi connectivity index (χ1) is 8.13. The Kier molecular flexibility index (Phi) is 2.33. The van der Waals surface area contributed by atoms with Crippen molar-refractivity contribution in [1.82, 2.24) is 9.38 Å². The Morgan fingerprint density at radius 3 is 2.76 bits per heavy atom. The molecule has 0 saturated carbocycles. The van der Waals surface area contributed by atoms with E-state index in [9.17, 15) is 0 Å². The number of hydrogen-bond donors (Lipinski definition) is 0. The summed E-state index contributed by atoms with van der Waals surface area (Å²) in [5.74, 6) is 1.70. The minimum Gasteiger partial charge on any atom is -0.460 e. The van der Waals surface area contributed by atoms with Crippen LogP contribution in [0.25, 0.3) is 17.1 Å². The molecule has 0 aliphatic carbocycles. The Balaban J connectivity index is 2.19. The molecule has 3 rings (SSSR count). The number of halogens is 1. The number of furan rings is 1. The van der Waals surface area contributed by atoms with Crippen LogP contribution in [-0.2, 0) is 0 Å². The third-order valence-electron chi connectivity index (χ3n) is 2.73. The third kappa shape index (κ3) is 1.78. The second-order valence-corrected chi connectivity index (χ2v) is 4.96. The van der Waals surface area contributed by atoms with Gasteiger partial charge in [0.2, 0.25) is 0 Å². The van der Waals surface area contributed by atoms with Crippen molar-refractivity contribution in [2.45, 2.75) is 13.8 Å². The van der Waals surface area contributed by atoms with Crippen LogP contribution in [0.5, 0.6) is 0 Å². The van der Waals surface area contributed by atoms with Gasteiger partial charge in [-0.3, -0.25) is 0 Å². The van der Waals surface area contributed by atoms with Crippen LogP contribution < -0.4 is 0 Å². The second kappa shape index (κ2) is 3.74. The van der Waals surface area contributed by atoms with Gasteiger partial charge in [-0.1, -0.05) is 0 Å². The van der Waals surface area contributed by atoms with Crippen LogP contribution in [0.3, 0.4) is 0 Å². The zero-order valence-electron chi connectivity index (χ0n) is 9.57. The molecule has 17 heavy (non-hydrogen) atoms. The van der Waals surface area contributed by atoms with Gasteiger partial charge in [-0.05, 0) is 53.5 Å². The number of aromatic nitrogens is 2. The van der Waals surface area contributed by atoms with Crippen molar-refractivity contribution in [2.24, 2.45) is 0 Å². The lowest BCUT2D eigenvalue weighted by atomic mass is 10.3. The molecule has 0 aliphatic heterocycles. The zero-order chi connectivity index (χ0) is 12.0. The highest BCUT2D eigenvalue weighted by atomic mass is 79.9. The van der Waals surface area contributed by atoms with E-state index in [0.717, 1.165) is 27.3 Å². The van der Waals surface area contributed by atoms with Crippen LogP contribution in [0, 0.1) is 13.8 Å². The van der Waals surface area contributed by atoms with E-state index in [1.165, 1.54) is 5.56 Å². The minimum absolute atomic E-state index is 0.806. The summed E-state index contributed by atoms with van der Waals surface area (Å²) in [6.45, 7) is 3.98. The van der Waals surface area contributed by atoms with E-state index in [0.29, 0.717) is 0 Å². The normalized spacial score (nSPS) is 11.2. The van der Waals surface area contributed by atoms with E-state index in [1.807, 2.05) is 41.9 Å². The largest absolute Gasteiger partial charge is 0.460 e. The maximum atomic E-state index is 5.57. The fourth-order valence-corrected chi connectivity index (χ4v) is 2.13. The highest BCUT2D eigenvalue weighted by Gasteiger charge is 2.08. The van der Waals surface area contributed by atoms with Gasteiger partial charge >= 0.3 is 0 Å². The molecule has 0 bridgehead atoms. The van der Waals surface area contributed by atoms with Gasteiger partial charge < -0.3 is 8.82 Å². The number of hydrogen-bond acceptors (Lipinski definition) is 2. The molecule has 0 amide bonds. The van der Waals surface area contributed by atoms with Crippen molar-refractivity contribution in [3.05, 3.63) is 46.4 Å². The summed E-state index contributed by atoms with van der Waals surface area (Å²) in [5.41, 5.74) is 2.95. The molecule has 3 nitrogen and oxygen atoms in total. The first-order valence-electron chi connectivity index (χ1n) is 5.35. The molecule has 0 aliphatic rings. The number of aryl methyl sites for hydroxylation is 2. The Morgan fingerprint density at radius 2 is 2.06 bits per heavy atom. The van der Waals surface area contributed by atoms with E-state index in [4.69, 9.17) is 4.42 Å². The SMILES string of the molecule is Cc1ccc(-c2cn3cc(Br)c(C)cc3n2)o1. The van der Waals surface area contributed by atoms with E-state index < -0.39 is 0 Å². The van der Waals surface area contributed by atoms with E-state index in [2.05, 4.69) is 27.8 Å². The molecule has 0 aromatic carbocycles. The molecule has 3 heterocycles. The van der Waals surface area contributed by atoms with Gasteiger partial charge in [-0.15, -0.1) is 0 Å². The quantitative estimate of drug-likeness (QED) is 0.679. The average molecular weight is 291 g/mol. The van der Waals surface area contributed by atoms with Crippen molar-refractivity contribution in [2.75, 3.05) is 0 Å². The maximum Gasteiger partial charge on any atom is 0.154 e. The van der Waals surface area contributed by atoms with Gasteiger partial charge in [0.25, 0.3) is 0 Å². The lowest BCUT2D eigenvalue weighted by molar-refractivity contribution is 0.547. The summed E-state index contributed by atoms with van der Waals surface area (Å²) >= 11 is 3.51. The zero-order valence-corrected chi connectivity index (χ0v) is 11.2. The minimum atomic E-state index is 0.806. The lowest BCUT2D eigenvalue weighted by Crippen LogP contribution is -1.85. The Morgan fingerprint density at radius 1 is 1.24 bits per heavy atom. The molecule has 86 valence electrons. The van der Waals surface area contributed by atoms with E-state index >= 15 is 0 Å². The highest BCUT2D eigenvalue weighted by Crippen LogP contribution is 2.24. The fraction of sp³-hybridized carbons (Fsp3) is 0.154. The molecule has 0 N–H and O–H groups in total. The number of nitrogens with zero attached hydrogens (tertiary/aromatic N) is 2. The van der Waals surface area contributed by atoms with Crippen molar-refractivity contribution in [3.8, 4) is 11.5 Å². The standard InChI is InChI=1S/C13H11BrN2O/c1-8-5-13-15-11(7-16(13)6-10(8)14)12-4-3-9(2)17-12/h3-7H,1-2H3. The summed E-state index contributed by atoms with van der Waals surface area (Å²) in [6, 6.07) is 5.93. The first-order valence-corrected chi connectivity index (χ1v) is 6.14. The number of rotatable bonds is 1. The molecule has 0 saturated heterocycles. The van der Waals surface area contributed by atoms with Crippen molar-refractivity contribution in [3.63, 3.8) is 0 Å². The summed E-state index contributed by atoms with van der Waals surface area (Å²) in [5, 5.41) is 0. The molecule has 0 fully saturated rings. The Labute approximate surface area is 107 Å². The van der Waals surface area contributed by atoms with Crippen LogP contribution in [0.4, 0.5) is 0 Å². The van der Waals surface area contributed by atoms with Crippen molar-refractivity contribution in [1.29, 1.82) is 0 Å². The molecular weight excluding hydrogens is 280 g/mol. The molecule has 3 aromatic rings. The van der Waals surface area contributed by atoms with E-state index in [1.54, 1.807) is 0 Å². The molecule has 4 heteroatoms. The molecular formula is C13H11BrN2O. The Hall–Kier alpha value is -1.55. The fourth-order valence-electron chi connectivity index (χ4n) is 1.80. The Bertz CT molecular complexity index is 658. The maximum absolute atomic E-state index is 5.57. The molecule has 0 unspecified atom stereocenters. The summed E-state index contributed by atoms with van der Waals surface area (Å²) in [7, 11) is 0. The summed E-state index contributed by atoms with van der Waals surface area (Å²) in [4.78, 5) is 4.55. The molecule has 0 radical (unpaired) electrons. The molecule has 3 aromatic heterocycles. The highest BCUT2D eigenvalue weighted by molar-refractivity contribution is 9.10. The van der Waals surface area contributed by atoms with Gasteiger partial charge in [0.15, 0.2) is 5.76 Å². The second-order valence-electron chi connectivity index (χ2n) is 4.11. The van der Waals surface area contributed by atoms with Crippen LogP contribution in [0.1, 0.15) is 11.3 Å². The molecule has 0 atom stereocenters. The van der Waals surface area contributed by atoms with Gasteiger partial charge in [-0.25, -0.2) is 4.98 Å². The number of fused-ring (bicyclic) bond motifs is 1. The topological polar surface area (TPSA) is 30.4 Å². The monoisotopic (exact) mass is 290 g/mol. The predicted molar refractivity (Wildman–Crippen MR) is 70.1 cm³/mol.